The van der Waals surface area contributed by atoms with Crippen LogP contribution in [0, 0.1) is 19.7 Å². The molecule has 1 nitrogen and oxygen atoms in total. The van der Waals surface area contributed by atoms with Crippen LogP contribution in [0.15, 0.2) is 42.5 Å². The summed E-state index contributed by atoms with van der Waals surface area (Å²) in [6, 6.07) is 12.9. The fourth-order valence-corrected chi connectivity index (χ4v) is 3.43. The van der Waals surface area contributed by atoms with E-state index in [1.54, 1.807) is 6.92 Å². The van der Waals surface area contributed by atoms with Crippen molar-refractivity contribution in [3.05, 3.63) is 69.8 Å². The third-order valence-electron chi connectivity index (χ3n) is 3.31. The van der Waals surface area contributed by atoms with Crippen molar-refractivity contribution in [1.82, 2.24) is 0 Å². The quantitative estimate of drug-likeness (QED) is 0.612. The van der Waals surface area contributed by atoms with E-state index in [1.165, 1.54) is 17.4 Å². The summed E-state index contributed by atoms with van der Waals surface area (Å²) in [4.78, 5) is 13.1. The Kier molecular flexibility index (Phi) is 3.14. The van der Waals surface area contributed by atoms with Crippen molar-refractivity contribution in [2.75, 3.05) is 0 Å². The minimum Gasteiger partial charge on any atom is -0.288 e. The summed E-state index contributed by atoms with van der Waals surface area (Å²) in [5.41, 5.74) is 1.69. The standard InChI is InChI=1S/C17H13FOS/c1-10-7-11(2)16(13(18)8-10)17(19)15-9-12-5-3-4-6-14(12)20-15/h3-9H,1-2H3. The first-order chi connectivity index (χ1) is 9.56. The molecule has 0 radical (unpaired) electrons. The van der Waals surface area contributed by atoms with Crippen molar-refractivity contribution in [1.29, 1.82) is 0 Å². The van der Waals surface area contributed by atoms with Crippen molar-refractivity contribution in [2.24, 2.45) is 0 Å². The molecule has 0 spiro atoms. The molecule has 0 aliphatic rings. The number of thiophene rings is 1. The Labute approximate surface area is 120 Å². The highest BCUT2D eigenvalue weighted by molar-refractivity contribution is 7.21. The van der Waals surface area contributed by atoms with Crippen LogP contribution in [0.1, 0.15) is 26.4 Å². The van der Waals surface area contributed by atoms with Gasteiger partial charge in [0.1, 0.15) is 5.82 Å². The van der Waals surface area contributed by atoms with Crippen molar-refractivity contribution < 1.29 is 9.18 Å². The van der Waals surface area contributed by atoms with Gasteiger partial charge in [0, 0.05) is 4.70 Å². The SMILES string of the molecule is Cc1cc(C)c(C(=O)c2cc3ccccc3s2)c(F)c1. The molecule has 20 heavy (non-hydrogen) atoms. The maximum absolute atomic E-state index is 14.1. The molecule has 0 saturated carbocycles. The molecule has 0 fully saturated rings. The summed E-state index contributed by atoms with van der Waals surface area (Å²) < 4.78 is 15.1. The van der Waals surface area contributed by atoms with E-state index in [9.17, 15) is 9.18 Å². The zero-order valence-electron chi connectivity index (χ0n) is 11.2. The van der Waals surface area contributed by atoms with Gasteiger partial charge in [0.05, 0.1) is 10.4 Å². The number of rotatable bonds is 2. The van der Waals surface area contributed by atoms with Crippen molar-refractivity contribution in [2.45, 2.75) is 13.8 Å². The lowest BCUT2D eigenvalue weighted by atomic mass is 10.0. The predicted octanol–water partition coefficient (Wildman–Crippen LogP) is 4.89. The maximum atomic E-state index is 14.1. The molecule has 0 aliphatic carbocycles. The minimum atomic E-state index is -0.440. The Morgan fingerprint density at radius 1 is 1.10 bits per heavy atom. The number of ketones is 1. The Hall–Kier alpha value is -2.00. The second-order valence-corrected chi connectivity index (χ2v) is 6.00. The number of hydrogen-bond donors (Lipinski definition) is 0. The van der Waals surface area contributed by atoms with Crippen LogP contribution in [0.4, 0.5) is 4.39 Å². The van der Waals surface area contributed by atoms with Crippen molar-refractivity contribution in [3.8, 4) is 0 Å². The Bertz CT molecular complexity index is 761. The summed E-state index contributed by atoms with van der Waals surface area (Å²) in [5, 5.41) is 1.02. The molecule has 0 unspecified atom stereocenters. The Morgan fingerprint density at radius 2 is 1.85 bits per heavy atom. The molecular formula is C17H13FOS. The molecule has 0 amide bonds. The second kappa shape index (κ2) is 4.84. The van der Waals surface area contributed by atoms with Gasteiger partial charge in [-0.15, -0.1) is 11.3 Å². The van der Waals surface area contributed by atoms with E-state index < -0.39 is 5.82 Å². The molecule has 0 N–H and O–H groups in total. The predicted molar refractivity (Wildman–Crippen MR) is 81.1 cm³/mol. The van der Waals surface area contributed by atoms with Crippen molar-refractivity contribution in [3.63, 3.8) is 0 Å². The van der Waals surface area contributed by atoms with E-state index in [-0.39, 0.29) is 11.3 Å². The van der Waals surface area contributed by atoms with Crippen LogP contribution >= 0.6 is 11.3 Å². The smallest absolute Gasteiger partial charge is 0.206 e. The van der Waals surface area contributed by atoms with Crippen LogP contribution in [-0.4, -0.2) is 5.78 Å². The number of hydrogen-bond acceptors (Lipinski definition) is 2. The molecule has 0 saturated heterocycles. The lowest BCUT2D eigenvalue weighted by Crippen LogP contribution is -2.05. The summed E-state index contributed by atoms with van der Waals surface area (Å²) in [7, 11) is 0. The highest BCUT2D eigenvalue weighted by Gasteiger charge is 2.19. The third kappa shape index (κ3) is 2.14. The molecule has 1 aromatic heterocycles. The van der Waals surface area contributed by atoms with Gasteiger partial charge in [0.15, 0.2) is 0 Å². The molecular weight excluding hydrogens is 271 g/mol. The first-order valence-electron chi connectivity index (χ1n) is 6.36. The van der Waals surface area contributed by atoms with Crippen LogP contribution < -0.4 is 0 Å². The number of aryl methyl sites for hydroxylation is 2. The lowest BCUT2D eigenvalue weighted by Gasteiger charge is -2.06. The van der Waals surface area contributed by atoms with E-state index in [0.717, 1.165) is 15.6 Å². The number of fused-ring (bicyclic) bond motifs is 1. The first kappa shape index (κ1) is 13.0. The van der Waals surface area contributed by atoms with E-state index in [1.807, 2.05) is 43.3 Å². The van der Waals surface area contributed by atoms with Gasteiger partial charge in [-0.05, 0) is 48.6 Å². The highest BCUT2D eigenvalue weighted by Crippen LogP contribution is 2.29. The van der Waals surface area contributed by atoms with Gasteiger partial charge in [-0.2, -0.15) is 0 Å². The van der Waals surface area contributed by atoms with Crippen LogP contribution in [0.5, 0.6) is 0 Å². The average Bonchev–Trinajstić information content (AvgIpc) is 2.81. The number of halogens is 1. The van der Waals surface area contributed by atoms with Gasteiger partial charge >= 0.3 is 0 Å². The molecule has 3 rings (SSSR count). The monoisotopic (exact) mass is 284 g/mol. The van der Waals surface area contributed by atoms with Gasteiger partial charge in [-0.1, -0.05) is 24.3 Å². The van der Waals surface area contributed by atoms with E-state index in [0.29, 0.717) is 10.4 Å². The molecule has 3 aromatic rings. The number of carbonyl (C=O) groups is 1. The first-order valence-corrected chi connectivity index (χ1v) is 7.18. The highest BCUT2D eigenvalue weighted by atomic mass is 32.1. The molecule has 1 heterocycles. The van der Waals surface area contributed by atoms with Crippen LogP contribution in [0.3, 0.4) is 0 Å². The second-order valence-electron chi connectivity index (χ2n) is 4.92. The number of carbonyl (C=O) groups excluding carboxylic acids is 1. The summed E-state index contributed by atoms with van der Waals surface area (Å²) in [5.74, 6) is -0.675. The average molecular weight is 284 g/mol. The van der Waals surface area contributed by atoms with Crippen LogP contribution in [0.25, 0.3) is 10.1 Å². The van der Waals surface area contributed by atoms with E-state index in [2.05, 4.69) is 0 Å². The fourth-order valence-electron chi connectivity index (χ4n) is 2.42. The molecule has 100 valence electrons. The summed E-state index contributed by atoms with van der Waals surface area (Å²) in [6.45, 7) is 3.60. The normalized spacial score (nSPS) is 10.9. The minimum absolute atomic E-state index is 0.183. The largest absolute Gasteiger partial charge is 0.288 e. The topological polar surface area (TPSA) is 17.1 Å². The Morgan fingerprint density at radius 3 is 2.55 bits per heavy atom. The zero-order chi connectivity index (χ0) is 14.3. The molecule has 3 heteroatoms. The third-order valence-corrected chi connectivity index (χ3v) is 4.42. The van der Waals surface area contributed by atoms with Crippen molar-refractivity contribution >= 4 is 27.2 Å². The van der Waals surface area contributed by atoms with Gasteiger partial charge in [-0.25, -0.2) is 4.39 Å². The van der Waals surface area contributed by atoms with E-state index >= 15 is 0 Å². The Balaban J connectivity index is 2.13. The number of benzene rings is 2. The molecule has 0 bridgehead atoms. The fraction of sp³-hybridized carbons (Fsp3) is 0.118. The maximum Gasteiger partial charge on any atom is 0.206 e. The van der Waals surface area contributed by atoms with Gasteiger partial charge < -0.3 is 0 Å². The van der Waals surface area contributed by atoms with Gasteiger partial charge in [0.25, 0.3) is 0 Å². The molecule has 2 aromatic carbocycles. The zero-order valence-corrected chi connectivity index (χ0v) is 12.1. The van der Waals surface area contributed by atoms with Crippen LogP contribution in [0.2, 0.25) is 0 Å². The summed E-state index contributed by atoms with van der Waals surface area (Å²) >= 11 is 1.41. The van der Waals surface area contributed by atoms with Gasteiger partial charge in [-0.3, -0.25) is 4.79 Å². The molecule has 0 aliphatic heterocycles. The summed E-state index contributed by atoms with van der Waals surface area (Å²) in [6.07, 6.45) is 0. The van der Waals surface area contributed by atoms with Gasteiger partial charge in [0.2, 0.25) is 5.78 Å². The lowest BCUT2D eigenvalue weighted by molar-refractivity contribution is 0.103. The van der Waals surface area contributed by atoms with E-state index in [4.69, 9.17) is 0 Å². The molecule has 0 atom stereocenters. The van der Waals surface area contributed by atoms with Crippen LogP contribution in [-0.2, 0) is 0 Å².